The smallest absolute Gasteiger partial charge is 0.156 e. The van der Waals surface area contributed by atoms with E-state index >= 15 is 0 Å². The van der Waals surface area contributed by atoms with Crippen LogP contribution in [0.15, 0.2) is 97.6 Å². The standard InChI is InChI=1S/C27H20N6O/c1-2-5-18(6-3-1)17-34-21-13-20(15-29-16-21)24-14-25(33-32-24)27-30-23-8-4-7-22(26(23)31-27)19-9-11-28-12-10-19/h1-16H,17H2,(H,30,31)(H,32,33). The highest BCUT2D eigenvalue weighted by Crippen LogP contribution is 2.30. The fourth-order valence-electron chi connectivity index (χ4n) is 3.89. The highest BCUT2D eigenvalue weighted by molar-refractivity contribution is 5.93. The third-order valence-corrected chi connectivity index (χ3v) is 5.59. The number of ether oxygens (including phenoxy) is 1. The van der Waals surface area contributed by atoms with Gasteiger partial charge in [-0.15, -0.1) is 0 Å². The van der Waals surface area contributed by atoms with Crippen LogP contribution in [0.5, 0.6) is 5.75 Å². The van der Waals surface area contributed by atoms with Crippen LogP contribution in [0.3, 0.4) is 0 Å². The minimum Gasteiger partial charge on any atom is -0.487 e. The fourth-order valence-corrected chi connectivity index (χ4v) is 3.89. The summed E-state index contributed by atoms with van der Waals surface area (Å²) in [6.07, 6.45) is 7.05. The average Bonchev–Trinajstić information content (AvgIpc) is 3.56. The lowest BCUT2D eigenvalue weighted by Crippen LogP contribution is -1.95. The molecule has 0 fully saturated rings. The van der Waals surface area contributed by atoms with Gasteiger partial charge in [0.05, 0.1) is 22.9 Å². The van der Waals surface area contributed by atoms with Gasteiger partial charge in [0.1, 0.15) is 18.1 Å². The molecule has 0 saturated carbocycles. The van der Waals surface area contributed by atoms with Gasteiger partial charge in [-0.1, -0.05) is 42.5 Å². The summed E-state index contributed by atoms with van der Waals surface area (Å²) in [5, 5.41) is 7.58. The van der Waals surface area contributed by atoms with E-state index in [2.05, 4.69) is 31.2 Å². The van der Waals surface area contributed by atoms with Crippen molar-refractivity contribution in [2.24, 2.45) is 0 Å². The van der Waals surface area contributed by atoms with Gasteiger partial charge < -0.3 is 9.72 Å². The molecule has 0 bridgehead atoms. The van der Waals surface area contributed by atoms with Crippen molar-refractivity contribution in [3.63, 3.8) is 0 Å². The molecule has 2 aromatic carbocycles. The number of fused-ring (bicyclic) bond motifs is 1. The maximum atomic E-state index is 5.92. The van der Waals surface area contributed by atoms with Crippen molar-refractivity contribution in [2.75, 3.05) is 0 Å². The molecule has 2 N–H and O–H groups in total. The molecule has 0 aliphatic heterocycles. The molecule has 7 heteroatoms. The summed E-state index contributed by atoms with van der Waals surface area (Å²) in [5.74, 6) is 1.41. The summed E-state index contributed by atoms with van der Waals surface area (Å²) in [4.78, 5) is 16.7. The molecule has 4 heterocycles. The molecule has 0 saturated heterocycles. The van der Waals surface area contributed by atoms with Crippen molar-refractivity contribution in [3.05, 3.63) is 103 Å². The van der Waals surface area contributed by atoms with Crippen molar-refractivity contribution in [3.8, 4) is 39.7 Å². The number of aromatic nitrogens is 6. The summed E-state index contributed by atoms with van der Waals surface area (Å²) in [7, 11) is 0. The number of nitrogens with one attached hydrogen (secondary N) is 2. The first-order chi connectivity index (χ1) is 16.8. The lowest BCUT2D eigenvalue weighted by Gasteiger charge is -2.06. The third kappa shape index (κ3) is 3.91. The van der Waals surface area contributed by atoms with E-state index in [1.54, 1.807) is 24.8 Å². The van der Waals surface area contributed by atoms with Crippen molar-refractivity contribution in [2.45, 2.75) is 6.61 Å². The molecule has 7 nitrogen and oxygen atoms in total. The molecule has 0 aliphatic carbocycles. The number of benzene rings is 2. The van der Waals surface area contributed by atoms with E-state index in [4.69, 9.17) is 9.72 Å². The normalized spacial score (nSPS) is 11.1. The summed E-state index contributed by atoms with van der Waals surface area (Å²) in [6, 6.07) is 24.0. The summed E-state index contributed by atoms with van der Waals surface area (Å²) in [5.41, 5.74) is 7.51. The van der Waals surface area contributed by atoms with Crippen molar-refractivity contribution in [1.82, 2.24) is 30.1 Å². The Hall–Kier alpha value is -4.78. The monoisotopic (exact) mass is 444 g/mol. The fraction of sp³-hybridized carbons (Fsp3) is 0.0370. The number of imidazole rings is 1. The Morgan fingerprint density at radius 2 is 1.68 bits per heavy atom. The molecule has 0 unspecified atom stereocenters. The Morgan fingerprint density at radius 3 is 2.56 bits per heavy atom. The van der Waals surface area contributed by atoms with Gasteiger partial charge in [-0.2, -0.15) is 5.10 Å². The molecule has 6 aromatic rings. The molecule has 0 spiro atoms. The second-order valence-electron chi connectivity index (χ2n) is 7.87. The molecular formula is C27H20N6O. The lowest BCUT2D eigenvalue weighted by molar-refractivity contribution is 0.305. The largest absolute Gasteiger partial charge is 0.487 e. The molecule has 0 radical (unpaired) electrons. The summed E-state index contributed by atoms with van der Waals surface area (Å²) >= 11 is 0. The van der Waals surface area contributed by atoms with Gasteiger partial charge in [-0.05, 0) is 41.5 Å². The molecule has 0 atom stereocenters. The topological polar surface area (TPSA) is 92.4 Å². The van der Waals surface area contributed by atoms with Crippen LogP contribution in [0.1, 0.15) is 5.56 Å². The van der Waals surface area contributed by atoms with Crippen LogP contribution >= 0.6 is 0 Å². The zero-order valence-corrected chi connectivity index (χ0v) is 18.1. The van der Waals surface area contributed by atoms with Crippen LogP contribution < -0.4 is 4.74 Å². The van der Waals surface area contributed by atoms with Gasteiger partial charge >= 0.3 is 0 Å². The number of hydrogen-bond acceptors (Lipinski definition) is 5. The van der Waals surface area contributed by atoms with Crippen molar-refractivity contribution >= 4 is 11.0 Å². The Morgan fingerprint density at radius 1 is 0.794 bits per heavy atom. The number of nitrogens with zero attached hydrogens (tertiary/aromatic N) is 4. The number of pyridine rings is 2. The number of rotatable bonds is 6. The highest BCUT2D eigenvalue weighted by atomic mass is 16.5. The number of hydrogen-bond donors (Lipinski definition) is 2. The predicted octanol–water partition coefficient (Wildman–Crippen LogP) is 5.66. The first kappa shape index (κ1) is 19.9. The molecule has 0 aliphatic rings. The van der Waals surface area contributed by atoms with E-state index in [9.17, 15) is 0 Å². The van der Waals surface area contributed by atoms with Crippen LogP contribution in [-0.2, 0) is 6.61 Å². The van der Waals surface area contributed by atoms with E-state index in [0.29, 0.717) is 12.4 Å². The minimum absolute atomic E-state index is 0.483. The molecule has 4 aromatic heterocycles. The van der Waals surface area contributed by atoms with Crippen LogP contribution in [0.2, 0.25) is 0 Å². The van der Waals surface area contributed by atoms with Crippen LogP contribution in [-0.4, -0.2) is 30.1 Å². The first-order valence-corrected chi connectivity index (χ1v) is 10.9. The maximum absolute atomic E-state index is 5.92. The second kappa shape index (κ2) is 8.63. The highest BCUT2D eigenvalue weighted by Gasteiger charge is 2.13. The van der Waals surface area contributed by atoms with Gasteiger partial charge in [0, 0.05) is 29.7 Å². The quantitative estimate of drug-likeness (QED) is 0.346. The Kier molecular flexibility index (Phi) is 5.04. The van der Waals surface area contributed by atoms with Gasteiger partial charge in [0.25, 0.3) is 0 Å². The van der Waals surface area contributed by atoms with E-state index in [1.807, 2.05) is 66.7 Å². The lowest BCUT2D eigenvalue weighted by atomic mass is 10.1. The summed E-state index contributed by atoms with van der Waals surface area (Å²) in [6.45, 7) is 0.483. The average molecular weight is 444 g/mol. The second-order valence-corrected chi connectivity index (χ2v) is 7.87. The van der Waals surface area contributed by atoms with Crippen LogP contribution in [0.4, 0.5) is 0 Å². The first-order valence-electron chi connectivity index (χ1n) is 10.9. The van der Waals surface area contributed by atoms with Gasteiger partial charge in [-0.25, -0.2) is 4.98 Å². The molecule has 164 valence electrons. The van der Waals surface area contributed by atoms with E-state index in [0.717, 1.165) is 50.5 Å². The van der Waals surface area contributed by atoms with Crippen LogP contribution in [0, 0.1) is 0 Å². The summed E-state index contributed by atoms with van der Waals surface area (Å²) < 4.78 is 5.92. The molecule has 0 amide bonds. The Balaban J connectivity index is 1.28. The molecule has 34 heavy (non-hydrogen) atoms. The van der Waals surface area contributed by atoms with Crippen LogP contribution in [0.25, 0.3) is 44.9 Å². The Labute approximate surface area is 195 Å². The zero-order valence-electron chi connectivity index (χ0n) is 18.1. The van der Waals surface area contributed by atoms with Crippen molar-refractivity contribution < 1.29 is 4.74 Å². The predicted molar refractivity (Wildman–Crippen MR) is 131 cm³/mol. The molecule has 6 rings (SSSR count). The third-order valence-electron chi connectivity index (χ3n) is 5.59. The van der Waals surface area contributed by atoms with E-state index in [1.165, 1.54) is 0 Å². The number of para-hydroxylation sites is 1. The van der Waals surface area contributed by atoms with Gasteiger partial charge in [-0.3, -0.25) is 15.1 Å². The zero-order chi connectivity index (χ0) is 22.7. The minimum atomic E-state index is 0.483. The maximum Gasteiger partial charge on any atom is 0.156 e. The van der Waals surface area contributed by atoms with Crippen molar-refractivity contribution in [1.29, 1.82) is 0 Å². The molecular weight excluding hydrogens is 424 g/mol. The van der Waals surface area contributed by atoms with E-state index < -0.39 is 0 Å². The van der Waals surface area contributed by atoms with Gasteiger partial charge in [0.15, 0.2) is 5.82 Å². The Bertz CT molecular complexity index is 1560. The number of aromatic amines is 2. The number of H-pyrrole nitrogens is 2. The van der Waals surface area contributed by atoms with Gasteiger partial charge in [0.2, 0.25) is 0 Å². The SMILES string of the molecule is c1ccc(COc2cncc(-c3cc(-c4nc5c(-c6ccncc6)cccc5[nH]4)[nH]n3)c2)cc1. The van der Waals surface area contributed by atoms with E-state index in [-0.39, 0.29) is 0 Å².